The minimum atomic E-state index is 0.776. The summed E-state index contributed by atoms with van der Waals surface area (Å²) in [5.41, 5.74) is 0. The highest BCUT2D eigenvalue weighted by Gasteiger charge is 2.27. The third-order valence-corrected chi connectivity index (χ3v) is 4.10. The van der Waals surface area contributed by atoms with Crippen LogP contribution in [0.15, 0.2) is 0 Å². The van der Waals surface area contributed by atoms with Crippen molar-refractivity contribution in [3.8, 4) is 0 Å². The van der Waals surface area contributed by atoms with Crippen molar-refractivity contribution in [2.24, 2.45) is 5.92 Å². The van der Waals surface area contributed by atoms with Gasteiger partial charge < -0.3 is 5.32 Å². The molecule has 2 rings (SSSR count). The van der Waals surface area contributed by atoms with Crippen LogP contribution in [-0.2, 0) is 0 Å². The lowest BCUT2D eigenvalue weighted by molar-refractivity contribution is 0.351. The molecule has 1 aliphatic heterocycles. The Labute approximate surface area is 79.7 Å². The highest BCUT2D eigenvalue weighted by molar-refractivity contribution is 7.99. The van der Waals surface area contributed by atoms with Gasteiger partial charge >= 0.3 is 0 Å². The molecule has 0 spiro atoms. The lowest BCUT2D eigenvalue weighted by atomic mass is 9.95. The smallest absolute Gasteiger partial charge is 0.00708 e. The molecule has 0 radical (unpaired) electrons. The Bertz CT molecular complexity index is 139. The van der Waals surface area contributed by atoms with Crippen LogP contribution in [0.4, 0.5) is 0 Å². The van der Waals surface area contributed by atoms with E-state index in [9.17, 15) is 0 Å². The predicted octanol–water partition coefficient (Wildman–Crippen LogP) is 2.27. The standard InChI is InChI=1S/C10H19NS/c1-8(11-10-2-3-10)9-4-6-12-7-5-9/h8-11H,2-7H2,1H3. The van der Waals surface area contributed by atoms with E-state index in [4.69, 9.17) is 0 Å². The summed E-state index contributed by atoms with van der Waals surface area (Å²) in [5, 5.41) is 3.71. The molecule has 0 bridgehead atoms. The van der Waals surface area contributed by atoms with Crippen LogP contribution in [0.5, 0.6) is 0 Å². The molecule has 1 N–H and O–H groups in total. The molecule has 0 aromatic rings. The second-order valence-corrected chi connectivity index (χ2v) is 5.40. The highest BCUT2D eigenvalue weighted by Crippen LogP contribution is 2.27. The van der Waals surface area contributed by atoms with Crippen molar-refractivity contribution < 1.29 is 0 Å². The summed E-state index contributed by atoms with van der Waals surface area (Å²) < 4.78 is 0. The first-order valence-electron chi connectivity index (χ1n) is 5.20. The van der Waals surface area contributed by atoms with Gasteiger partial charge in [-0.3, -0.25) is 0 Å². The van der Waals surface area contributed by atoms with Gasteiger partial charge in [0.25, 0.3) is 0 Å². The fourth-order valence-electron chi connectivity index (χ4n) is 1.97. The average molecular weight is 185 g/mol. The van der Waals surface area contributed by atoms with Crippen LogP contribution >= 0.6 is 11.8 Å². The Kier molecular flexibility index (Phi) is 2.97. The molecule has 2 heteroatoms. The number of thioether (sulfide) groups is 1. The molecule has 2 aliphatic rings. The van der Waals surface area contributed by atoms with Gasteiger partial charge in [0, 0.05) is 12.1 Å². The Morgan fingerprint density at radius 2 is 1.83 bits per heavy atom. The molecular formula is C10H19NS. The first-order valence-corrected chi connectivity index (χ1v) is 6.35. The molecule has 2 fully saturated rings. The average Bonchev–Trinajstić information content (AvgIpc) is 2.90. The SMILES string of the molecule is CC(NC1CC1)C1CCSCC1. The number of hydrogen-bond acceptors (Lipinski definition) is 2. The maximum Gasteiger partial charge on any atom is 0.00708 e. The van der Waals surface area contributed by atoms with Crippen LogP contribution in [0.1, 0.15) is 32.6 Å². The van der Waals surface area contributed by atoms with E-state index in [0.29, 0.717) is 0 Å². The molecule has 0 amide bonds. The molecule has 1 saturated heterocycles. The Morgan fingerprint density at radius 3 is 2.42 bits per heavy atom. The molecule has 12 heavy (non-hydrogen) atoms. The van der Waals surface area contributed by atoms with Crippen LogP contribution in [0.2, 0.25) is 0 Å². The Balaban J connectivity index is 1.72. The number of rotatable bonds is 3. The maximum absolute atomic E-state index is 3.71. The van der Waals surface area contributed by atoms with E-state index in [2.05, 4.69) is 24.0 Å². The molecule has 1 atom stereocenters. The molecule has 1 heterocycles. The van der Waals surface area contributed by atoms with E-state index in [1.54, 1.807) is 0 Å². The van der Waals surface area contributed by atoms with Crippen LogP contribution in [0.25, 0.3) is 0 Å². The fraction of sp³-hybridized carbons (Fsp3) is 1.00. The van der Waals surface area contributed by atoms with Crippen molar-refractivity contribution in [3.05, 3.63) is 0 Å². The minimum absolute atomic E-state index is 0.776. The van der Waals surface area contributed by atoms with Crippen LogP contribution in [0.3, 0.4) is 0 Å². The van der Waals surface area contributed by atoms with E-state index in [1.807, 2.05) is 0 Å². The summed E-state index contributed by atoms with van der Waals surface area (Å²) in [4.78, 5) is 0. The van der Waals surface area contributed by atoms with E-state index >= 15 is 0 Å². The first kappa shape index (κ1) is 8.89. The number of nitrogens with one attached hydrogen (secondary N) is 1. The van der Waals surface area contributed by atoms with E-state index in [1.165, 1.54) is 37.2 Å². The van der Waals surface area contributed by atoms with Crippen molar-refractivity contribution in [2.75, 3.05) is 11.5 Å². The van der Waals surface area contributed by atoms with Gasteiger partial charge in [-0.1, -0.05) is 0 Å². The second-order valence-electron chi connectivity index (χ2n) is 4.18. The zero-order chi connectivity index (χ0) is 8.39. The van der Waals surface area contributed by atoms with E-state index < -0.39 is 0 Å². The van der Waals surface area contributed by atoms with Gasteiger partial charge in [0.2, 0.25) is 0 Å². The quantitative estimate of drug-likeness (QED) is 0.724. The summed E-state index contributed by atoms with van der Waals surface area (Å²) in [5.74, 6) is 3.75. The molecule has 1 saturated carbocycles. The Morgan fingerprint density at radius 1 is 1.17 bits per heavy atom. The molecule has 1 aliphatic carbocycles. The van der Waals surface area contributed by atoms with Crippen LogP contribution in [0, 0.1) is 5.92 Å². The largest absolute Gasteiger partial charge is 0.311 e. The van der Waals surface area contributed by atoms with E-state index in [-0.39, 0.29) is 0 Å². The molecule has 70 valence electrons. The normalized spacial score (nSPS) is 28.8. The Hall–Kier alpha value is 0.310. The summed E-state index contributed by atoms with van der Waals surface area (Å²) >= 11 is 2.12. The van der Waals surface area contributed by atoms with Crippen molar-refractivity contribution in [1.29, 1.82) is 0 Å². The summed E-state index contributed by atoms with van der Waals surface area (Å²) in [6.45, 7) is 2.37. The van der Waals surface area contributed by atoms with Crippen molar-refractivity contribution in [1.82, 2.24) is 5.32 Å². The van der Waals surface area contributed by atoms with Gasteiger partial charge in [0.15, 0.2) is 0 Å². The van der Waals surface area contributed by atoms with Crippen LogP contribution < -0.4 is 5.32 Å². The third-order valence-electron chi connectivity index (χ3n) is 3.05. The zero-order valence-electron chi connectivity index (χ0n) is 7.88. The highest BCUT2D eigenvalue weighted by atomic mass is 32.2. The summed E-state index contributed by atoms with van der Waals surface area (Å²) in [6, 6.07) is 1.66. The van der Waals surface area contributed by atoms with Gasteiger partial charge in [-0.2, -0.15) is 11.8 Å². The lowest BCUT2D eigenvalue weighted by Crippen LogP contribution is -2.36. The second kappa shape index (κ2) is 4.01. The first-order chi connectivity index (χ1) is 5.86. The molecule has 0 aromatic heterocycles. The monoisotopic (exact) mass is 185 g/mol. The fourth-order valence-corrected chi connectivity index (χ4v) is 3.12. The zero-order valence-corrected chi connectivity index (χ0v) is 8.70. The number of hydrogen-bond donors (Lipinski definition) is 1. The summed E-state index contributed by atoms with van der Waals surface area (Å²) in [7, 11) is 0. The van der Waals surface area contributed by atoms with Gasteiger partial charge in [0.05, 0.1) is 0 Å². The van der Waals surface area contributed by atoms with Gasteiger partial charge in [-0.25, -0.2) is 0 Å². The minimum Gasteiger partial charge on any atom is -0.311 e. The predicted molar refractivity (Wildman–Crippen MR) is 55.7 cm³/mol. The van der Waals surface area contributed by atoms with Gasteiger partial charge in [-0.15, -0.1) is 0 Å². The molecule has 1 unspecified atom stereocenters. The lowest BCUT2D eigenvalue weighted by Gasteiger charge is -2.28. The van der Waals surface area contributed by atoms with Crippen molar-refractivity contribution in [2.45, 2.75) is 44.7 Å². The van der Waals surface area contributed by atoms with Crippen molar-refractivity contribution >= 4 is 11.8 Å². The van der Waals surface area contributed by atoms with Gasteiger partial charge in [0.1, 0.15) is 0 Å². The third kappa shape index (κ3) is 2.40. The van der Waals surface area contributed by atoms with Crippen LogP contribution in [-0.4, -0.2) is 23.6 Å². The topological polar surface area (TPSA) is 12.0 Å². The summed E-state index contributed by atoms with van der Waals surface area (Å²) in [6.07, 6.45) is 5.72. The van der Waals surface area contributed by atoms with Crippen molar-refractivity contribution in [3.63, 3.8) is 0 Å². The molecule has 1 nitrogen and oxygen atoms in total. The van der Waals surface area contributed by atoms with E-state index in [0.717, 1.165) is 18.0 Å². The maximum atomic E-state index is 3.71. The molecular weight excluding hydrogens is 166 g/mol. The molecule has 0 aromatic carbocycles. The van der Waals surface area contributed by atoms with Gasteiger partial charge in [-0.05, 0) is 50.0 Å².